The number of benzene rings is 2. The Bertz CT molecular complexity index is 780. The monoisotopic (exact) mass is 385 g/mol. The van der Waals surface area contributed by atoms with E-state index in [2.05, 4.69) is 10.6 Å². The lowest BCUT2D eigenvalue weighted by Crippen LogP contribution is -2.40. The number of hydrogen-bond acceptors (Lipinski definition) is 5. The van der Waals surface area contributed by atoms with Crippen LogP contribution in [0.3, 0.4) is 0 Å². The van der Waals surface area contributed by atoms with Crippen LogP contribution in [-0.4, -0.2) is 51.0 Å². The van der Waals surface area contributed by atoms with Crippen LogP contribution in [0.4, 0.5) is 0 Å². The predicted octanol–water partition coefficient (Wildman–Crippen LogP) is 1.57. The predicted molar refractivity (Wildman–Crippen MR) is 107 cm³/mol. The summed E-state index contributed by atoms with van der Waals surface area (Å²) in [5.74, 6) is 0.875. The molecule has 0 saturated heterocycles. The molecule has 0 unspecified atom stereocenters. The zero-order chi connectivity index (χ0) is 20.4. The zero-order valence-corrected chi connectivity index (χ0v) is 16.5. The van der Waals surface area contributed by atoms with Crippen molar-refractivity contribution in [2.75, 3.05) is 34.3 Å². The normalized spacial score (nSPS) is 10.4. The summed E-state index contributed by atoms with van der Waals surface area (Å²) in [4.78, 5) is 24.9. The van der Waals surface area contributed by atoms with Crippen molar-refractivity contribution in [1.82, 2.24) is 15.5 Å². The van der Waals surface area contributed by atoms with Crippen LogP contribution in [0, 0.1) is 0 Å². The number of nitrogens with zero attached hydrogens (tertiary/aromatic N) is 1. The first-order valence-corrected chi connectivity index (χ1v) is 9.01. The SMILES string of the molecule is CNC(=O)CNC(=O)CN(C)Cc1ccc(OCc2ccccc2)c(OC)c1. The average molecular weight is 385 g/mol. The molecule has 28 heavy (non-hydrogen) atoms. The fourth-order valence-corrected chi connectivity index (χ4v) is 2.60. The van der Waals surface area contributed by atoms with Crippen LogP contribution in [0.15, 0.2) is 48.5 Å². The van der Waals surface area contributed by atoms with Crippen molar-refractivity contribution >= 4 is 11.8 Å². The Morgan fingerprint density at radius 3 is 2.43 bits per heavy atom. The van der Waals surface area contributed by atoms with Gasteiger partial charge >= 0.3 is 0 Å². The largest absolute Gasteiger partial charge is 0.493 e. The molecule has 7 heteroatoms. The number of ether oxygens (including phenoxy) is 2. The molecule has 0 atom stereocenters. The molecule has 2 aromatic carbocycles. The molecule has 0 aromatic heterocycles. The molecule has 150 valence electrons. The van der Waals surface area contributed by atoms with Gasteiger partial charge in [-0.05, 0) is 30.3 Å². The zero-order valence-electron chi connectivity index (χ0n) is 16.5. The van der Waals surface area contributed by atoms with Gasteiger partial charge in [-0.15, -0.1) is 0 Å². The van der Waals surface area contributed by atoms with Crippen molar-refractivity contribution in [1.29, 1.82) is 0 Å². The topological polar surface area (TPSA) is 79.9 Å². The molecule has 7 nitrogen and oxygen atoms in total. The molecule has 0 bridgehead atoms. The highest BCUT2D eigenvalue weighted by Crippen LogP contribution is 2.29. The minimum absolute atomic E-state index is 0.0234. The molecule has 0 radical (unpaired) electrons. The molecule has 0 aliphatic rings. The van der Waals surface area contributed by atoms with Crippen molar-refractivity contribution < 1.29 is 19.1 Å². The highest BCUT2D eigenvalue weighted by Gasteiger charge is 2.11. The molecule has 0 heterocycles. The van der Waals surface area contributed by atoms with E-state index in [1.165, 1.54) is 7.05 Å². The number of methoxy groups -OCH3 is 1. The van der Waals surface area contributed by atoms with Gasteiger partial charge in [-0.1, -0.05) is 36.4 Å². The molecule has 0 aliphatic heterocycles. The Labute approximate surface area is 165 Å². The molecule has 2 N–H and O–H groups in total. The van der Waals surface area contributed by atoms with Gasteiger partial charge in [-0.25, -0.2) is 0 Å². The number of carbonyl (C=O) groups excluding carboxylic acids is 2. The number of nitrogens with one attached hydrogen (secondary N) is 2. The molecule has 0 spiro atoms. The van der Waals surface area contributed by atoms with Crippen molar-refractivity contribution in [3.05, 3.63) is 59.7 Å². The highest BCUT2D eigenvalue weighted by molar-refractivity contribution is 5.85. The maximum absolute atomic E-state index is 11.9. The Morgan fingerprint density at radius 2 is 1.75 bits per heavy atom. The summed E-state index contributed by atoms with van der Waals surface area (Å²) in [6, 6.07) is 15.6. The van der Waals surface area contributed by atoms with Gasteiger partial charge in [0.2, 0.25) is 11.8 Å². The molecule has 2 rings (SSSR count). The summed E-state index contributed by atoms with van der Waals surface area (Å²) in [6.45, 7) is 1.18. The highest BCUT2D eigenvalue weighted by atomic mass is 16.5. The first-order valence-electron chi connectivity index (χ1n) is 9.01. The molecular weight excluding hydrogens is 358 g/mol. The van der Waals surface area contributed by atoms with E-state index in [4.69, 9.17) is 9.47 Å². The van der Waals surface area contributed by atoms with Crippen molar-refractivity contribution in [2.24, 2.45) is 0 Å². The van der Waals surface area contributed by atoms with Gasteiger partial charge in [0.15, 0.2) is 11.5 Å². The quantitative estimate of drug-likeness (QED) is 0.649. The van der Waals surface area contributed by atoms with E-state index in [-0.39, 0.29) is 24.9 Å². The van der Waals surface area contributed by atoms with E-state index in [1.807, 2.05) is 60.5 Å². The number of hydrogen-bond donors (Lipinski definition) is 2. The number of amides is 2. The molecule has 0 saturated carbocycles. The van der Waals surface area contributed by atoms with Gasteiger partial charge in [-0.2, -0.15) is 0 Å². The van der Waals surface area contributed by atoms with E-state index in [9.17, 15) is 9.59 Å². The summed E-state index contributed by atoms with van der Waals surface area (Å²) in [6.07, 6.45) is 0. The van der Waals surface area contributed by atoms with Gasteiger partial charge in [0.1, 0.15) is 6.61 Å². The lowest BCUT2D eigenvalue weighted by Gasteiger charge is -2.18. The van der Waals surface area contributed by atoms with Gasteiger partial charge < -0.3 is 20.1 Å². The summed E-state index contributed by atoms with van der Waals surface area (Å²) >= 11 is 0. The van der Waals surface area contributed by atoms with Crippen LogP contribution in [0.1, 0.15) is 11.1 Å². The maximum atomic E-state index is 11.9. The maximum Gasteiger partial charge on any atom is 0.239 e. The average Bonchev–Trinajstić information content (AvgIpc) is 2.71. The standard InChI is InChI=1S/C21H27N3O4/c1-22-20(25)12-23-21(26)14-24(2)13-17-9-10-18(19(11-17)27-3)28-15-16-7-5-4-6-8-16/h4-11H,12-15H2,1-3H3,(H,22,25)(H,23,26). The van der Waals surface area contributed by atoms with Crippen LogP contribution in [0.2, 0.25) is 0 Å². The Balaban J connectivity index is 1.89. The fourth-order valence-electron chi connectivity index (χ4n) is 2.60. The second-order valence-corrected chi connectivity index (χ2v) is 6.38. The first-order chi connectivity index (χ1) is 13.5. The Kier molecular flexibility index (Phi) is 8.30. The van der Waals surface area contributed by atoms with Gasteiger partial charge in [0, 0.05) is 13.6 Å². The smallest absolute Gasteiger partial charge is 0.239 e. The van der Waals surface area contributed by atoms with E-state index in [0.717, 1.165) is 11.1 Å². The van der Waals surface area contributed by atoms with E-state index in [1.54, 1.807) is 7.11 Å². The lowest BCUT2D eigenvalue weighted by molar-refractivity contribution is -0.126. The summed E-state index contributed by atoms with van der Waals surface area (Å²) in [7, 11) is 4.97. The number of likely N-dealkylation sites (N-methyl/N-ethyl adjacent to an activating group) is 2. The van der Waals surface area contributed by atoms with Gasteiger partial charge in [0.05, 0.1) is 20.2 Å². The Hall–Kier alpha value is -3.06. The summed E-state index contributed by atoms with van der Waals surface area (Å²) in [5, 5.41) is 5.04. The van der Waals surface area contributed by atoms with Crippen molar-refractivity contribution in [3.63, 3.8) is 0 Å². The molecule has 2 aromatic rings. The molecular formula is C21H27N3O4. The molecule has 2 amide bonds. The molecule has 0 fully saturated rings. The lowest BCUT2D eigenvalue weighted by atomic mass is 10.2. The van der Waals surface area contributed by atoms with Crippen LogP contribution >= 0.6 is 0 Å². The summed E-state index contributed by atoms with van der Waals surface area (Å²) in [5.41, 5.74) is 2.07. The third-order valence-corrected chi connectivity index (χ3v) is 4.06. The minimum Gasteiger partial charge on any atom is -0.493 e. The summed E-state index contributed by atoms with van der Waals surface area (Å²) < 4.78 is 11.3. The van der Waals surface area contributed by atoms with Crippen molar-refractivity contribution in [2.45, 2.75) is 13.2 Å². The fraction of sp³-hybridized carbons (Fsp3) is 0.333. The third kappa shape index (κ3) is 6.92. The van der Waals surface area contributed by atoms with Crippen LogP contribution in [-0.2, 0) is 22.7 Å². The van der Waals surface area contributed by atoms with Crippen LogP contribution in [0.5, 0.6) is 11.5 Å². The molecule has 0 aliphatic carbocycles. The van der Waals surface area contributed by atoms with Gasteiger partial charge in [-0.3, -0.25) is 14.5 Å². The minimum atomic E-state index is -0.230. The number of rotatable bonds is 10. The van der Waals surface area contributed by atoms with E-state index < -0.39 is 0 Å². The first kappa shape index (κ1) is 21.2. The van der Waals surface area contributed by atoms with Crippen LogP contribution < -0.4 is 20.1 Å². The van der Waals surface area contributed by atoms with E-state index >= 15 is 0 Å². The van der Waals surface area contributed by atoms with E-state index in [0.29, 0.717) is 24.7 Å². The van der Waals surface area contributed by atoms with Crippen molar-refractivity contribution in [3.8, 4) is 11.5 Å². The van der Waals surface area contributed by atoms with Gasteiger partial charge in [0.25, 0.3) is 0 Å². The van der Waals surface area contributed by atoms with Crippen LogP contribution in [0.25, 0.3) is 0 Å². The second kappa shape index (κ2) is 10.9. The Morgan fingerprint density at radius 1 is 1.00 bits per heavy atom. The number of carbonyl (C=O) groups is 2. The third-order valence-electron chi connectivity index (χ3n) is 4.06. The second-order valence-electron chi connectivity index (χ2n) is 6.38.